The lowest BCUT2D eigenvalue weighted by molar-refractivity contribution is -0.118. The minimum atomic E-state index is -0.225. The Balaban J connectivity index is 1.49. The third-order valence-electron chi connectivity index (χ3n) is 4.81. The molecule has 166 valence electrons. The van der Waals surface area contributed by atoms with E-state index in [0.717, 1.165) is 22.6 Å². The molecule has 0 saturated carbocycles. The van der Waals surface area contributed by atoms with Crippen molar-refractivity contribution in [2.45, 2.75) is 12.1 Å². The Kier molecular flexibility index (Phi) is 7.16. The molecular weight excluding hydrogens is 434 g/mol. The topological polar surface area (TPSA) is 81.4 Å². The van der Waals surface area contributed by atoms with Crippen LogP contribution in [0.15, 0.2) is 89.1 Å². The Morgan fingerprint density at radius 2 is 1.76 bits per heavy atom. The summed E-state index contributed by atoms with van der Waals surface area (Å²) in [6, 6.07) is 25.3. The zero-order chi connectivity index (χ0) is 23.0. The number of carbonyl (C=O) groups excluding carboxylic acids is 1. The highest BCUT2D eigenvalue weighted by Gasteiger charge is 2.17. The molecule has 4 rings (SSSR count). The van der Waals surface area contributed by atoms with Crippen molar-refractivity contribution < 1.29 is 9.53 Å². The third-order valence-corrected chi connectivity index (χ3v) is 5.74. The Labute approximate surface area is 196 Å². The lowest BCUT2D eigenvalue weighted by Crippen LogP contribution is -2.20. The Hall–Kier alpha value is -3.91. The van der Waals surface area contributed by atoms with Crippen LogP contribution in [0.4, 0.5) is 0 Å². The highest BCUT2D eigenvalue weighted by molar-refractivity contribution is 7.99. The number of carbonyl (C=O) groups is 1. The van der Waals surface area contributed by atoms with Crippen LogP contribution >= 0.6 is 11.8 Å². The molecule has 33 heavy (non-hydrogen) atoms. The first kappa shape index (κ1) is 22.3. The maximum Gasteiger partial charge on any atom is 0.250 e. The van der Waals surface area contributed by atoms with Crippen LogP contribution in [0, 0.1) is 6.92 Å². The number of hydrogen-bond acceptors (Lipinski definition) is 6. The molecule has 0 radical (unpaired) electrons. The van der Waals surface area contributed by atoms with Crippen LogP contribution in [0.5, 0.6) is 5.75 Å². The molecule has 1 heterocycles. The molecule has 8 heteroatoms. The van der Waals surface area contributed by atoms with E-state index in [4.69, 9.17) is 4.74 Å². The molecule has 0 atom stereocenters. The molecule has 0 fully saturated rings. The molecule has 0 aliphatic carbocycles. The molecule has 0 spiro atoms. The van der Waals surface area contributed by atoms with Crippen molar-refractivity contribution in [2.24, 2.45) is 5.10 Å². The van der Waals surface area contributed by atoms with Crippen molar-refractivity contribution >= 4 is 23.9 Å². The van der Waals surface area contributed by atoms with E-state index in [-0.39, 0.29) is 11.7 Å². The number of thioether (sulfide) groups is 1. The highest BCUT2D eigenvalue weighted by Crippen LogP contribution is 2.28. The number of nitrogens with zero attached hydrogens (tertiary/aromatic N) is 4. The predicted octanol–water partition coefficient (Wildman–Crippen LogP) is 4.49. The van der Waals surface area contributed by atoms with Crippen molar-refractivity contribution in [3.8, 4) is 22.8 Å². The van der Waals surface area contributed by atoms with Gasteiger partial charge in [0.2, 0.25) is 0 Å². The van der Waals surface area contributed by atoms with Crippen LogP contribution in [0.3, 0.4) is 0 Å². The van der Waals surface area contributed by atoms with Crippen LogP contribution in [-0.4, -0.2) is 39.7 Å². The highest BCUT2D eigenvalue weighted by atomic mass is 32.2. The van der Waals surface area contributed by atoms with Crippen LogP contribution in [0.25, 0.3) is 17.1 Å². The van der Waals surface area contributed by atoms with Crippen molar-refractivity contribution in [3.63, 3.8) is 0 Å². The molecule has 0 unspecified atom stereocenters. The number of methoxy groups -OCH3 is 1. The number of aromatic nitrogens is 3. The smallest absolute Gasteiger partial charge is 0.250 e. The largest absolute Gasteiger partial charge is 0.497 e. The molecule has 1 amide bonds. The van der Waals surface area contributed by atoms with Gasteiger partial charge in [-0.3, -0.25) is 9.36 Å². The first-order chi connectivity index (χ1) is 16.1. The van der Waals surface area contributed by atoms with Gasteiger partial charge in [0.05, 0.1) is 19.1 Å². The fraction of sp³-hybridized carbons (Fsp3) is 0.120. The first-order valence-corrected chi connectivity index (χ1v) is 11.3. The van der Waals surface area contributed by atoms with Gasteiger partial charge in [-0.05, 0) is 48.9 Å². The summed E-state index contributed by atoms with van der Waals surface area (Å²) in [6.07, 6.45) is 1.62. The predicted molar refractivity (Wildman–Crippen MR) is 131 cm³/mol. The summed E-state index contributed by atoms with van der Waals surface area (Å²) < 4.78 is 7.19. The van der Waals surface area contributed by atoms with Gasteiger partial charge in [-0.2, -0.15) is 5.10 Å². The van der Waals surface area contributed by atoms with E-state index in [2.05, 4.69) is 20.7 Å². The second-order valence-electron chi connectivity index (χ2n) is 7.20. The normalized spacial score (nSPS) is 11.0. The standard InChI is InChI=1S/C25H23N5O2S/c1-18-8-10-19(11-9-18)16-26-27-23(31)17-33-25-29-28-24(20-12-14-22(32-2)15-13-20)30(25)21-6-4-3-5-7-21/h3-16H,17H2,1-2H3,(H,27,31). The number of hydrogen-bond donors (Lipinski definition) is 1. The van der Waals surface area contributed by atoms with Crippen LogP contribution in [0.2, 0.25) is 0 Å². The van der Waals surface area contributed by atoms with Gasteiger partial charge in [0.15, 0.2) is 11.0 Å². The third kappa shape index (κ3) is 5.67. The van der Waals surface area contributed by atoms with Gasteiger partial charge < -0.3 is 4.74 Å². The molecular formula is C25H23N5O2S. The quantitative estimate of drug-likeness (QED) is 0.239. The van der Waals surface area contributed by atoms with Gasteiger partial charge >= 0.3 is 0 Å². The fourth-order valence-electron chi connectivity index (χ4n) is 3.09. The first-order valence-electron chi connectivity index (χ1n) is 10.3. The van der Waals surface area contributed by atoms with Gasteiger partial charge in [0.25, 0.3) is 5.91 Å². The number of amides is 1. The number of aryl methyl sites for hydroxylation is 1. The van der Waals surface area contributed by atoms with Crippen LogP contribution in [-0.2, 0) is 4.79 Å². The van der Waals surface area contributed by atoms with E-state index in [1.807, 2.05) is 90.4 Å². The molecule has 0 saturated heterocycles. The summed E-state index contributed by atoms with van der Waals surface area (Å²) in [7, 11) is 1.63. The van der Waals surface area contributed by atoms with E-state index in [9.17, 15) is 4.79 Å². The molecule has 7 nitrogen and oxygen atoms in total. The van der Waals surface area contributed by atoms with Crippen molar-refractivity contribution in [1.29, 1.82) is 0 Å². The molecule has 0 bridgehead atoms. The average Bonchev–Trinajstić information content (AvgIpc) is 3.28. The van der Waals surface area contributed by atoms with Crippen molar-refractivity contribution in [1.82, 2.24) is 20.2 Å². The van der Waals surface area contributed by atoms with Gasteiger partial charge in [0.1, 0.15) is 5.75 Å². The summed E-state index contributed by atoms with van der Waals surface area (Å²) in [4.78, 5) is 12.3. The zero-order valence-corrected chi connectivity index (χ0v) is 19.1. The Morgan fingerprint density at radius 3 is 2.45 bits per heavy atom. The molecule has 4 aromatic rings. The number of ether oxygens (including phenoxy) is 1. The van der Waals surface area contributed by atoms with Crippen molar-refractivity contribution in [3.05, 3.63) is 90.0 Å². The minimum absolute atomic E-state index is 0.152. The van der Waals surface area contributed by atoms with E-state index in [1.54, 1.807) is 13.3 Å². The molecule has 1 N–H and O–H groups in total. The second-order valence-corrected chi connectivity index (χ2v) is 8.14. The molecule has 3 aromatic carbocycles. The van der Waals surface area contributed by atoms with E-state index in [1.165, 1.54) is 17.3 Å². The second kappa shape index (κ2) is 10.6. The monoisotopic (exact) mass is 457 g/mol. The van der Waals surface area contributed by atoms with Gasteiger partial charge in [-0.1, -0.05) is 59.8 Å². The SMILES string of the molecule is COc1ccc(-c2nnc(SCC(=O)NN=Cc3ccc(C)cc3)n2-c2ccccc2)cc1. The number of benzene rings is 3. The van der Waals surface area contributed by atoms with Crippen molar-refractivity contribution in [2.75, 3.05) is 12.9 Å². The van der Waals surface area contributed by atoms with E-state index < -0.39 is 0 Å². The molecule has 0 aliphatic rings. The number of para-hydroxylation sites is 1. The summed E-state index contributed by atoms with van der Waals surface area (Å²) in [5.41, 5.74) is 6.46. The zero-order valence-electron chi connectivity index (χ0n) is 18.3. The van der Waals surface area contributed by atoms with Gasteiger partial charge in [-0.25, -0.2) is 5.43 Å². The fourth-order valence-corrected chi connectivity index (χ4v) is 3.84. The average molecular weight is 458 g/mol. The van der Waals surface area contributed by atoms with Gasteiger partial charge in [0, 0.05) is 11.3 Å². The number of rotatable bonds is 8. The summed E-state index contributed by atoms with van der Waals surface area (Å²) in [5, 5.41) is 13.4. The van der Waals surface area contributed by atoms with E-state index in [0.29, 0.717) is 11.0 Å². The Morgan fingerprint density at radius 1 is 1.03 bits per heavy atom. The van der Waals surface area contributed by atoms with Gasteiger partial charge in [-0.15, -0.1) is 10.2 Å². The van der Waals surface area contributed by atoms with Crippen LogP contribution in [0.1, 0.15) is 11.1 Å². The van der Waals surface area contributed by atoms with E-state index >= 15 is 0 Å². The summed E-state index contributed by atoms with van der Waals surface area (Å²) >= 11 is 1.30. The number of nitrogens with one attached hydrogen (secondary N) is 1. The van der Waals surface area contributed by atoms with Crippen LogP contribution < -0.4 is 10.2 Å². The maximum absolute atomic E-state index is 12.3. The minimum Gasteiger partial charge on any atom is -0.497 e. The molecule has 0 aliphatic heterocycles. The maximum atomic E-state index is 12.3. The molecule has 1 aromatic heterocycles. The Bertz CT molecular complexity index is 1240. The lowest BCUT2D eigenvalue weighted by Gasteiger charge is -2.10. The summed E-state index contributed by atoms with van der Waals surface area (Å²) in [6.45, 7) is 2.02. The summed E-state index contributed by atoms with van der Waals surface area (Å²) in [5.74, 6) is 1.38. The number of hydrazone groups is 1. The lowest BCUT2D eigenvalue weighted by atomic mass is 10.2.